The minimum atomic E-state index is -1.16. The molecule has 0 rings (SSSR count). The standard InChI is InChI=1S/CH3N3O3.N/c2-1(5)3-4(6)7;/h(H3,2,3,5);. The predicted octanol–water partition coefficient (Wildman–Crippen LogP) is -1.63. The number of hydrogen-bond donors (Lipinski definition) is 2. The second-order valence-corrected chi connectivity index (χ2v) is 0.733. The fourth-order valence-corrected chi connectivity index (χ4v) is 0.0900. The summed E-state index contributed by atoms with van der Waals surface area (Å²) in [5.41, 5.74) is 5.47. The molecule has 8 heavy (non-hydrogen) atoms. The molecule has 0 atom stereocenters. The molecule has 0 aromatic rings. The fourth-order valence-electron chi connectivity index (χ4n) is 0.0900. The summed E-state index contributed by atoms with van der Waals surface area (Å²) in [4.78, 5) is 18.7. The van der Waals surface area contributed by atoms with Gasteiger partial charge >= 0.3 is 6.03 Å². The maximum atomic E-state index is 9.48. The molecule has 0 bridgehead atoms. The maximum Gasteiger partial charge on any atom is 0.370 e. The van der Waals surface area contributed by atoms with E-state index < -0.39 is 11.1 Å². The van der Waals surface area contributed by atoms with Crippen molar-refractivity contribution in [1.29, 1.82) is 0 Å². The lowest BCUT2D eigenvalue weighted by molar-refractivity contribution is -0.527. The number of nitrogens with one attached hydrogen (secondary N) is 1. The Morgan fingerprint density at radius 2 is 2.12 bits per heavy atom. The van der Waals surface area contributed by atoms with Crippen molar-refractivity contribution in [3.63, 3.8) is 0 Å². The van der Waals surface area contributed by atoms with E-state index in [1.807, 2.05) is 0 Å². The third kappa shape index (κ3) is 8.82. The topological polar surface area (TPSA) is 129 Å². The van der Waals surface area contributed by atoms with E-state index in [0.717, 1.165) is 0 Å². The van der Waals surface area contributed by atoms with Crippen molar-refractivity contribution < 1.29 is 9.83 Å². The number of rotatable bonds is 1. The van der Waals surface area contributed by atoms with E-state index in [4.69, 9.17) is 0 Å². The maximum absolute atomic E-state index is 9.48. The molecular weight excluding hydrogens is 116 g/mol. The molecule has 3 radical (unpaired) electrons. The minimum Gasteiger partial charge on any atom is -0.347 e. The van der Waals surface area contributed by atoms with Crippen LogP contribution < -0.4 is 17.3 Å². The second kappa shape index (κ2) is 3.81. The lowest BCUT2D eigenvalue weighted by atomic mass is 11.2. The number of nitrogens with two attached hydrogens (primary N) is 1. The molecule has 3 N–H and O–H groups in total. The first-order chi connectivity index (χ1) is 3.13. The van der Waals surface area contributed by atoms with Gasteiger partial charge in [-0.2, -0.15) is 0 Å². The number of primary amides is 1. The highest BCUT2D eigenvalue weighted by atomic mass is 16.7. The van der Waals surface area contributed by atoms with Crippen LogP contribution >= 0.6 is 0 Å². The molecular formula is CH3N4O3. The van der Waals surface area contributed by atoms with Gasteiger partial charge in [-0.05, 0) is 0 Å². The molecule has 0 unspecified atom stereocenters. The zero-order valence-corrected chi connectivity index (χ0v) is 3.70. The van der Waals surface area contributed by atoms with Gasteiger partial charge in [-0.25, -0.2) is 14.9 Å². The first-order valence-corrected chi connectivity index (χ1v) is 1.33. The Bertz CT molecular complexity index is 87.5. The van der Waals surface area contributed by atoms with Crippen molar-refractivity contribution in [3.05, 3.63) is 10.1 Å². The molecule has 7 nitrogen and oxygen atoms in total. The second-order valence-electron chi connectivity index (χ2n) is 0.733. The third-order valence-electron chi connectivity index (χ3n) is 0.201. The quantitative estimate of drug-likeness (QED) is 0.317. The first kappa shape index (κ1) is 9.80. The number of nitro groups is 1. The van der Waals surface area contributed by atoms with E-state index in [-0.39, 0.29) is 6.15 Å². The summed E-state index contributed by atoms with van der Waals surface area (Å²) in [6.07, 6.45) is 0. The number of carbonyl (C=O) groups is 1. The van der Waals surface area contributed by atoms with Crippen molar-refractivity contribution in [3.8, 4) is 0 Å². The van der Waals surface area contributed by atoms with Crippen LogP contribution in [0, 0.1) is 10.1 Å². The van der Waals surface area contributed by atoms with E-state index in [2.05, 4.69) is 5.73 Å². The SMILES string of the molecule is NC(=O)N[N+](=O)[O-].[N]. The van der Waals surface area contributed by atoms with Crippen LogP contribution in [0.4, 0.5) is 4.79 Å². The number of urea groups is 1. The molecule has 45 valence electrons. The Morgan fingerprint density at radius 3 is 2.12 bits per heavy atom. The molecule has 0 heterocycles. The molecule has 0 saturated carbocycles. The zero-order chi connectivity index (χ0) is 5.86. The lowest BCUT2D eigenvalue weighted by Crippen LogP contribution is -2.33. The van der Waals surface area contributed by atoms with Crippen LogP contribution in [-0.2, 0) is 0 Å². The van der Waals surface area contributed by atoms with Gasteiger partial charge < -0.3 is 5.73 Å². The van der Waals surface area contributed by atoms with Crippen molar-refractivity contribution >= 4 is 6.03 Å². The summed E-state index contributed by atoms with van der Waals surface area (Å²) < 4.78 is 0. The van der Waals surface area contributed by atoms with Crippen molar-refractivity contribution in [2.45, 2.75) is 0 Å². The van der Waals surface area contributed by atoms with Crippen LogP contribution in [0.25, 0.3) is 0 Å². The molecule has 0 aliphatic heterocycles. The van der Waals surface area contributed by atoms with Gasteiger partial charge in [-0.15, -0.1) is 0 Å². The highest BCUT2D eigenvalue weighted by Crippen LogP contribution is 1.53. The van der Waals surface area contributed by atoms with Crippen LogP contribution in [0.1, 0.15) is 0 Å². The Hall–Kier alpha value is -1.37. The van der Waals surface area contributed by atoms with Gasteiger partial charge in [0.25, 0.3) is 0 Å². The third-order valence-corrected chi connectivity index (χ3v) is 0.201. The smallest absolute Gasteiger partial charge is 0.347 e. The van der Waals surface area contributed by atoms with Gasteiger partial charge in [-0.1, -0.05) is 5.43 Å². The number of carbonyl (C=O) groups excluding carboxylic acids is 1. The molecule has 0 aromatic heterocycles. The van der Waals surface area contributed by atoms with Gasteiger partial charge in [0.2, 0.25) is 0 Å². The number of hydrogen-bond acceptors (Lipinski definition) is 3. The molecule has 0 aliphatic rings. The van der Waals surface area contributed by atoms with Crippen molar-refractivity contribution in [2.75, 3.05) is 0 Å². The molecule has 0 spiro atoms. The summed E-state index contributed by atoms with van der Waals surface area (Å²) in [6, 6.07) is -1.16. The zero-order valence-electron chi connectivity index (χ0n) is 3.70. The minimum absolute atomic E-state index is 0. The predicted molar refractivity (Wildman–Crippen MR) is 21.8 cm³/mol. The summed E-state index contributed by atoms with van der Waals surface area (Å²) in [5, 5.41) is 8.18. The summed E-state index contributed by atoms with van der Waals surface area (Å²) in [5.74, 6) is 0. The average molecular weight is 119 g/mol. The molecule has 0 fully saturated rings. The Morgan fingerprint density at radius 1 is 1.75 bits per heavy atom. The molecule has 0 aliphatic carbocycles. The van der Waals surface area contributed by atoms with Crippen LogP contribution in [0.2, 0.25) is 0 Å². The Labute approximate surface area is 44.5 Å². The van der Waals surface area contributed by atoms with E-state index in [0.29, 0.717) is 0 Å². The monoisotopic (exact) mass is 119 g/mol. The number of amides is 2. The van der Waals surface area contributed by atoms with Gasteiger partial charge in [0.15, 0.2) is 5.03 Å². The fraction of sp³-hybridized carbons (Fsp3) is 0. The number of nitrogens with zero attached hydrogens (tertiary/aromatic N) is 2. The summed E-state index contributed by atoms with van der Waals surface area (Å²) in [6.45, 7) is 0. The van der Waals surface area contributed by atoms with Crippen LogP contribution in [0.5, 0.6) is 0 Å². The van der Waals surface area contributed by atoms with E-state index in [1.54, 1.807) is 0 Å². The average Bonchev–Trinajstić information content (AvgIpc) is 1.27. The van der Waals surface area contributed by atoms with Gasteiger partial charge in [0.05, 0.1) is 0 Å². The van der Waals surface area contributed by atoms with Crippen molar-refractivity contribution in [1.82, 2.24) is 11.6 Å². The van der Waals surface area contributed by atoms with Gasteiger partial charge in [0.1, 0.15) is 0 Å². The van der Waals surface area contributed by atoms with Crippen molar-refractivity contribution in [2.24, 2.45) is 5.73 Å². The van der Waals surface area contributed by atoms with E-state index in [9.17, 15) is 14.9 Å². The molecule has 0 saturated heterocycles. The van der Waals surface area contributed by atoms with Crippen LogP contribution in [0.3, 0.4) is 0 Å². The highest BCUT2D eigenvalue weighted by Gasteiger charge is 1.95. The lowest BCUT2D eigenvalue weighted by Gasteiger charge is -1.83. The highest BCUT2D eigenvalue weighted by molar-refractivity contribution is 5.70. The normalized spacial score (nSPS) is 6.50. The summed E-state index contributed by atoms with van der Waals surface area (Å²) >= 11 is 0. The first-order valence-electron chi connectivity index (χ1n) is 1.33. The molecule has 0 aromatic carbocycles. The van der Waals surface area contributed by atoms with E-state index in [1.165, 1.54) is 5.43 Å². The van der Waals surface area contributed by atoms with Crippen LogP contribution in [-0.4, -0.2) is 11.1 Å². The molecule has 7 heteroatoms. The van der Waals surface area contributed by atoms with Gasteiger partial charge in [0, 0.05) is 6.15 Å². The van der Waals surface area contributed by atoms with E-state index >= 15 is 0 Å². The van der Waals surface area contributed by atoms with Gasteiger partial charge in [-0.3, -0.25) is 0 Å². The number of hydrazine groups is 1. The molecule has 2 amide bonds. The largest absolute Gasteiger partial charge is 0.370 e. The summed E-state index contributed by atoms with van der Waals surface area (Å²) in [7, 11) is 0. The Balaban J connectivity index is 0. The van der Waals surface area contributed by atoms with Crippen LogP contribution in [0.15, 0.2) is 0 Å². The Kier molecular flexibility index (Phi) is 4.67.